The third kappa shape index (κ3) is 3.33. The number of amides is 2. The largest absolute Gasteiger partial charge is 0.508 e. The molecule has 11 heteroatoms. The monoisotopic (exact) mass is 457 g/mol. The van der Waals surface area contributed by atoms with Gasteiger partial charge in [-0.1, -0.05) is 18.2 Å². The number of ketones is 1. The molecule has 3 heterocycles. The van der Waals surface area contributed by atoms with Gasteiger partial charge in [0.2, 0.25) is 5.91 Å². The second-order valence-corrected chi connectivity index (χ2v) is 9.48. The van der Waals surface area contributed by atoms with Crippen molar-refractivity contribution in [2.24, 2.45) is 5.73 Å². The fraction of sp³-hybridized carbons (Fsp3) is 0.286. The van der Waals surface area contributed by atoms with Gasteiger partial charge in [0.05, 0.1) is 19.0 Å². The molecule has 2 atom stereocenters. The summed E-state index contributed by atoms with van der Waals surface area (Å²) in [6.45, 7) is -0.577. The summed E-state index contributed by atoms with van der Waals surface area (Å²) in [5.74, 6) is -2.31. The van der Waals surface area contributed by atoms with E-state index in [0.717, 1.165) is 14.8 Å². The Balaban J connectivity index is 1.62. The first-order chi connectivity index (χ1) is 15.2. The number of aromatic nitrogens is 1. The van der Waals surface area contributed by atoms with Crippen LogP contribution in [0.25, 0.3) is 0 Å². The average molecular weight is 457 g/mol. The van der Waals surface area contributed by atoms with Crippen LogP contribution in [0.2, 0.25) is 0 Å². The lowest BCUT2D eigenvalue weighted by Crippen LogP contribution is -2.64. The lowest BCUT2D eigenvalue weighted by molar-refractivity contribution is -0.147. The average Bonchev–Trinajstić information content (AvgIpc) is 3.31. The molecule has 2 fully saturated rings. The number of nitrogens with zero attached hydrogens (tertiary/aromatic N) is 3. The number of carbonyl (C=O) groups excluding carboxylic acids is 3. The number of primary amides is 1. The fourth-order valence-electron chi connectivity index (χ4n) is 4.42. The van der Waals surface area contributed by atoms with E-state index in [2.05, 4.69) is 4.98 Å². The van der Waals surface area contributed by atoms with Gasteiger partial charge in [-0.25, -0.2) is 13.4 Å². The van der Waals surface area contributed by atoms with Crippen molar-refractivity contribution < 1.29 is 27.9 Å². The highest BCUT2D eigenvalue weighted by molar-refractivity contribution is 7.89. The molecule has 167 valence electrons. The molecule has 1 aromatic heterocycles. The summed E-state index contributed by atoms with van der Waals surface area (Å²) in [6, 6.07) is 9.48. The van der Waals surface area contributed by atoms with Crippen LogP contribution < -0.4 is 5.73 Å². The lowest BCUT2D eigenvalue weighted by atomic mass is 9.89. The van der Waals surface area contributed by atoms with E-state index in [1.165, 1.54) is 36.9 Å². The number of Topliss-reactive ketones (excluding diaryl/α,β-unsaturated/α-hetero) is 1. The Morgan fingerprint density at radius 2 is 1.94 bits per heavy atom. The molecule has 0 saturated carbocycles. The van der Waals surface area contributed by atoms with E-state index in [1.807, 2.05) is 0 Å². The molecule has 2 aliphatic heterocycles. The van der Waals surface area contributed by atoms with Crippen molar-refractivity contribution in [3.05, 3.63) is 60.6 Å². The first kappa shape index (κ1) is 21.9. The summed E-state index contributed by atoms with van der Waals surface area (Å²) in [5.41, 5.74) is 4.30. The van der Waals surface area contributed by atoms with Crippen molar-refractivity contribution in [2.75, 3.05) is 13.1 Å². The molecule has 1 aromatic carbocycles. The number of likely N-dealkylation sites (tertiary alicyclic amines) is 1. The number of sulfonamides is 1. The van der Waals surface area contributed by atoms with Gasteiger partial charge in [0.15, 0.2) is 16.3 Å². The highest BCUT2D eigenvalue weighted by Crippen LogP contribution is 2.42. The number of phenols is 1. The number of rotatable bonds is 6. The zero-order valence-corrected chi connectivity index (χ0v) is 17.7. The van der Waals surface area contributed by atoms with Gasteiger partial charge in [0.25, 0.3) is 15.9 Å². The third-order valence-electron chi connectivity index (χ3n) is 5.91. The molecule has 2 amide bonds. The SMILES string of the molecule is NC(=O)C12C(=O)CN(S(=O)(=O)c3ccccn3)C1CCN2C(=O)[CH]Cc1ccc(O)cc1. The molecule has 0 aliphatic carbocycles. The van der Waals surface area contributed by atoms with E-state index in [-0.39, 0.29) is 30.2 Å². The van der Waals surface area contributed by atoms with Crippen molar-refractivity contribution in [3.63, 3.8) is 0 Å². The Morgan fingerprint density at radius 1 is 1.22 bits per heavy atom. The number of nitrogens with two attached hydrogens (primary N) is 1. The summed E-state index contributed by atoms with van der Waals surface area (Å²) < 4.78 is 27.2. The van der Waals surface area contributed by atoms with Gasteiger partial charge >= 0.3 is 0 Å². The van der Waals surface area contributed by atoms with Gasteiger partial charge < -0.3 is 15.7 Å². The zero-order valence-electron chi connectivity index (χ0n) is 16.9. The number of phenolic OH excluding ortho intramolecular Hbond substituents is 1. The topological polar surface area (TPSA) is 151 Å². The van der Waals surface area contributed by atoms with Crippen molar-refractivity contribution >= 4 is 27.6 Å². The van der Waals surface area contributed by atoms with Crippen LogP contribution in [0.1, 0.15) is 12.0 Å². The van der Waals surface area contributed by atoms with Crippen LogP contribution >= 0.6 is 0 Å². The maximum absolute atomic E-state index is 13.1. The van der Waals surface area contributed by atoms with E-state index < -0.39 is 45.7 Å². The highest BCUT2D eigenvalue weighted by Gasteiger charge is 2.68. The van der Waals surface area contributed by atoms with E-state index in [0.29, 0.717) is 0 Å². The molecule has 4 rings (SSSR count). The van der Waals surface area contributed by atoms with Crippen LogP contribution in [-0.4, -0.2) is 70.0 Å². The smallest absolute Gasteiger partial charge is 0.261 e. The van der Waals surface area contributed by atoms with Gasteiger partial charge in [0, 0.05) is 12.7 Å². The molecular weight excluding hydrogens is 436 g/mol. The van der Waals surface area contributed by atoms with Crippen molar-refractivity contribution in [1.29, 1.82) is 0 Å². The molecule has 1 radical (unpaired) electrons. The number of benzene rings is 1. The molecule has 2 saturated heterocycles. The van der Waals surface area contributed by atoms with Gasteiger partial charge in [-0.05, 0) is 42.7 Å². The van der Waals surface area contributed by atoms with Crippen LogP contribution in [-0.2, 0) is 30.8 Å². The first-order valence-corrected chi connectivity index (χ1v) is 11.3. The van der Waals surface area contributed by atoms with Gasteiger partial charge in [-0.2, -0.15) is 4.31 Å². The van der Waals surface area contributed by atoms with Gasteiger partial charge in [0.1, 0.15) is 5.75 Å². The number of aromatic hydroxyl groups is 1. The second kappa shape index (κ2) is 7.99. The number of hydrogen-bond acceptors (Lipinski definition) is 7. The van der Waals surface area contributed by atoms with Crippen LogP contribution in [0.15, 0.2) is 53.7 Å². The quantitative estimate of drug-likeness (QED) is 0.562. The minimum absolute atomic E-state index is 0.00149. The predicted molar refractivity (Wildman–Crippen MR) is 111 cm³/mol. The Labute approximate surface area is 184 Å². The van der Waals surface area contributed by atoms with Gasteiger partial charge in [-0.15, -0.1) is 0 Å². The molecule has 2 aromatic rings. The van der Waals surface area contributed by atoms with Crippen LogP contribution in [0.4, 0.5) is 0 Å². The minimum Gasteiger partial charge on any atom is -0.508 e. The molecule has 2 aliphatic rings. The van der Waals surface area contributed by atoms with Gasteiger partial charge in [-0.3, -0.25) is 14.4 Å². The summed E-state index contributed by atoms with van der Waals surface area (Å²) >= 11 is 0. The van der Waals surface area contributed by atoms with E-state index >= 15 is 0 Å². The number of carbonyl (C=O) groups is 3. The van der Waals surface area contributed by atoms with Crippen LogP contribution in [0.5, 0.6) is 5.75 Å². The third-order valence-corrected chi connectivity index (χ3v) is 7.68. The normalized spacial score (nSPS) is 23.3. The second-order valence-electron chi connectivity index (χ2n) is 7.64. The number of hydrogen-bond donors (Lipinski definition) is 2. The highest BCUT2D eigenvalue weighted by atomic mass is 32.2. The number of pyridine rings is 1. The van der Waals surface area contributed by atoms with Crippen molar-refractivity contribution in [1.82, 2.24) is 14.2 Å². The maximum Gasteiger partial charge on any atom is 0.261 e. The van der Waals surface area contributed by atoms with Crippen molar-refractivity contribution in [3.8, 4) is 5.75 Å². The van der Waals surface area contributed by atoms with Crippen molar-refractivity contribution in [2.45, 2.75) is 29.4 Å². The Kier molecular flexibility index (Phi) is 5.47. The molecule has 0 spiro atoms. The summed E-state index contributed by atoms with van der Waals surface area (Å²) in [7, 11) is -4.18. The molecule has 0 bridgehead atoms. The van der Waals surface area contributed by atoms with Crippen LogP contribution in [0.3, 0.4) is 0 Å². The minimum atomic E-state index is -4.18. The molecule has 2 unspecified atom stereocenters. The van der Waals surface area contributed by atoms with E-state index in [4.69, 9.17) is 5.73 Å². The predicted octanol–water partition coefficient (Wildman–Crippen LogP) is -0.367. The summed E-state index contributed by atoms with van der Waals surface area (Å²) in [5, 5.41) is 9.12. The summed E-state index contributed by atoms with van der Waals surface area (Å²) in [6.07, 6.45) is 2.90. The summed E-state index contributed by atoms with van der Waals surface area (Å²) in [4.78, 5) is 43.6. The Morgan fingerprint density at radius 3 is 2.56 bits per heavy atom. The fourth-order valence-corrected chi connectivity index (χ4v) is 5.98. The van der Waals surface area contributed by atoms with Crippen LogP contribution in [0, 0.1) is 6.42 Å². The molecule has 10 nitrogen and oxygen atoms in total. The van der Waals surface area contributed by atoms with E-state index in [1.54, 1.807) is 18.2 Å². The lowest BCUT2D eigenvalue weighted by Gasteiger charge is -2.34. The molecule has 32 heavy (non-hydrogen) atoms. The maximum atomic E-state index is 13.1. The standard InChI is InChI=1S/C21H21N4O6S/c22-20(29)21-16(25(13-17(21)27)32(30,31)18-3-1-2-11-23-18)10-12-24(21)19(28)9-6-14-4-7-15(26)8-5-14/h1-5,7-9,11,16,26H,6,10,12-13H2,(H2,22,29). The number of fused-ring (bicyclic) bond motifs is 1. The first-order valence-electron chi connectivity index (χ1n) is 9.88. The molecule has 3 N–H and O–H groups in total. The van der Waals surface area contributed by atoms with E-state index in [9.17, 15) is 27.9 Å². The molecular formula is C21H21N4O6S. The Hall–Kier alpha value is -3.31. The Bertz CT molecular complexity index is 1170. The zero-order chi connectivity index (χ0) is 23.1.